The molecule has 0 amide bonds. The molecule has 0 aliphatic heterocycles. The number of hydrogen-bond acceptors (Lipinski definition) is 2. The van der Waals surface area contributed by atoms with Gasteiger partial charge in [-0.05, 0) is 149 Å². The van der Waals surface area contributed by atoms with Crippen molar-refractivity contribution in [3.05, 3.63) is 34.9 Å². The highest BCUT2D eigenvalue weighted by atomic mass is 16.5. The number of ether oxygens (including phenoxy) is 1. The fourth-order valence-electron chi connectivity index (χ4n) is 11.5. The second-order valence-corrected chi connectivity index (χ2v) is 15.4. The third-order valence-electron chi connectivity index (χ3n) is 13.0. The van der Waals surface area contributed by atoms with Crippen molar-refractivity contribution in [1.29, 1.82) is 0 Å². The first kappa shape index (κ1) is 26.9. The highest BCUT2D eigenvalue weighted by Gasteiger charge is 2.64. The Morgan fingerprint density at radius 2 is 1.63 bits per heavy atom. The standard InChI is InChI=1S/C36H54O2/c1-23(2)7-6-8-26-13-17-36-18-15-32-30(33(36)12-11-31(26)36)10-9-28-22-29(14-16-35(28,32)5)38-34(37)27-20-24(3)19-25(4)21-27/h19-21,23,26,28-33H,6-18,22H2,1-5H3. The summed E-state index contributed by atoms with van der Waals surface area (Å²) in [6, 6.07) is 6.09. The van der Waals surface area contributed by atoms with E-state index in [9.17, 15) is 4.79 Å². The first-order valence-corrected chi connectivity index (χ1v) is 16.5. The summed E-state index contributed by atoms with van der Waals surface area (Å²) < 4.78 is 6.16. The van der Waals surface area contributed by atoms with E-state index >= 15 is 0 Å². The average Bonchev–Trinajstić information content (AvgIpc) is 3.40. The van der Waals surface area contributed by atoms with Crippen LogP contribution < -0.4 is 0 Å². The maximum atomic E-state index is 13.0. The topological polar surface area (TPSA) is 26.3 Å². The molecular formula is C36H54O2. The van der Waals surface area contributed by atoms with Gasteiger partial charge in [0.1, 0.15) is 6.10 Å². The number of benzene rings is 1. The summed E-state index contributed by atoms with van der Waals surface area (Å²) in [5, 5.41) is 0. The number of esters is 1. The molecule has 2 heteroatoms. The maximum absolute atomic E-state index is 13.0. The van der Waals surface area contributed by atoms with Crippen molar-refractivity contribution in [3.8, 4) is 0 Å². The predicted molar refractivity (Wildman–Crippen MR) is 156 cm³/mol. The van der Waals surface area contributed by atoms with Gasteiger partial charge in [0.15, 0.2) is 0 Å². The molecular weight excluding hydrogens is 464 g/mol. The number of aryl methyl sites for hydroxylation is 2. The zero-order valence-corrected chi connectivity index (χ0v) is 25.1. The zero-order chi connectivity index (χ0) is 26.7. The van der Waals surface area contributed by atoms with Gasteiger partial charge in [-0.3, -0.25) is 0 Å². The molecule has 5 aliphatic carbocycles. The molecule has 0 aromatic heterocycles. The second kappa shape index (κ2) is 10.3. The summed E-state index contributed by atoms with van der Waals surface area (Å²) in [4.78, 5) is 13.0. The lowest BCUT2D eigenvalue weighted by Gasteiger charge is -2.61. The Hall–Kier alpha value is -1.31. The van der Waals surface area contributed by atoms with Crippen LogP contribution in [0, 0.1) is 66.1 Å². The van der Waals surface area contributed by atoms with E-state index in [1.54, 1.807) is 6.42 Å². The molecule has 9 unspecified atom stereocenters. The van der Waals surface area contributed by atoms with Crippen LogP contribution in [0.1, 0.15) is 132 Å². The summed E-state index contributed by atoms with van der Waals surface area (Å²) in [5.74, 6) is 6.45. The van der Waals surface area contributed by atoms with Crippen LogP contribution in [-0.4, -0.2) is 12.1 Å². The zero-order valence-electron chi connectivity index (χ0n) is 25.1. The van der Waals surface area contributed by atoms with Crippen LogP contribution in [0.2, 0.25) is 0 Å². The number of rotatable bonds is 6. The Labute approximate surface area is 233 Å². The SMILES string of the molecule is Cc1cc(C)cc(C(=O)OC2CCC3(C)C(CCC4C3CCC35CCC(CCCC(C)C)C3CCC45)C2)c1. The summed E-state index contributed by atoms with van der Waals surface area (Å²) in [7, 11) is 0. The minimum atomic E-state index is -0.111. The van der Waals surface area contributed by atoms with Crippen molar-refractivity contribution < 1.29 is 9.53 Å². The number of hydrogen-bond donors (Lipinski definition) is 0. The van der Waals surface area contributed by atoms with Gasteiger partial charge in [0.25, 0.3) is 0 Å². The smallest absolute Gasteiger partial charge is 0.338 e. The van der Waals surface area contributed by atoms with Crippen molar-refractivity contribution in [2.24, 2.45) is 52.3 Å². The molecule has 38 heavy (non-hydrogen) atoms. The molecule has 1 aromatic rings. The van der Waals surface area contributed by atoms with Crippen molar-refractivity contribution in [1.82, 2.24) is 0 Å². The van der Waals surface area contributed by atoms with Gasteiger partial charge in [-0.15, -0.1) is 0 Å². The minimum Gasteiger partial charge on any atom is -0.459 e. The van der Waals surface area contributed by atoms with Gasteiger partial charge in [-0.25, -0.2) is 4.79 Å². The van der Waals surface area contributed by atoms with Crippen molar-refractivity contribution >= 4 is 5.97 Å². The Bertz CT molecular complexity index is 1010. The Morgan fingerprint density at radius 3 is 2.39 bits per heavy atom. The molecule has 1 aromatic carbocycles. The van der Waals surface area contributed by atoms with Gasteiger partial charge < -0.3 is 4.74 Å². The lowest BCUT2D eigenvalue weighted by atomic mass is 9.44. The van der Waals surface area contributed by atoms with Crippen molar-refractivity contribution in [2.75, 3.05) is 0 Å². The highest BCUT2D eigenvalue weighted by Crippen LogP contribution is 2.72. The average molecular weight is 519 g/mol. The van der Waals surface area contributed by atoms with Gasteiger partial charge in [0.2, 0.25) is 0 Å². The van der Waals surface area contributed by atoms with E-state index in [1.807, 2.05) is 12.1 Å². The number of fused-ring (bicyclic) bond motifs is 4. The Kier molecular flexibility index (Phi) is 7.26. The third-order valence-corrected chi connectivity index (χ3v) is 13.0. The van der Waals surface area contributed by atoms with E-state index in [-0.39, 0.29) is 12.1 Å². The van der Waals surface area contributed by atoms with Crippen LogP contribution in [0.15, 0.2) is 18.2 Å². The van der Waals surface area contributed by atoms with Crippen LogP contribution in [-0.2, 0) is 4.74 Å². The molecule has 0 saturated heterocycles. The summed E-state index contributed by atoms with van der Waals surface area (Å²) in [5.41, 5.74) is 4.18. The van der Waals surface area contributed by atoms with E-state index in [1.165, 1.54) is 70.6 Å². The van der Waals surface area contributed by atoms with E-state index in [4.69, 9.17) is 4.74 Å². The second-order valence-electron chi connectivity index (χ2n) is 15.4. The van der Waals surface area contributed by atoms with Crippen LogP contribution in [0.5, 0.6) is 0 Å². The van der Waals surface area contributed by atoms with Crippen molar-refractivity contribution in [3.63, 3.8) is 0 Å². The van der Waals surface area contributed by atoms with Crippen LogP contribution in [0.25, 0.3) is 0 Å². The first-order valence-electron chi connectivity index (χ1n) is 16.5. The molecule has 1 spiro atoms. The van der Waals surface area contributed by atoms with Crippen molar-refractivity contribution in [2.45, 2.75) is 131 Å². The lowest BCUT2D eigenvalue weighted by molar-refractivity contribution is -0.129. The third kappa shape index (κ3) is 4.58. The molecule has 0 N–H and O–H groups in total. The molecule has 0 bridgehead atoms. The molecule has 6 rings (SSSR count). The molecule has 0 radical (unpaired) electrons. The predicted octanol–water partition coefficient (Wildman–Crippen LogP) is 9.70. The maximum Gasteiger partial charge on any atom is 0.338 e. The molecule has 2 nitrogen and oxygen atoms in total. The van der Waals surface area contributed by atoms with Crippen LogP contribution in [0.3, 0.4) is 0 Å². The molecule has 9 atom stereocenters. The van der Waals surface area contributed by atoms with E-state index in [0.29, 0.717) is 10.8 Å². The number of carbonyl (C=O) groups excluding carboxylic acids is 1. The summed E-state index contributed by atoms with van der Waals surface area (Å²) in [6.45, 7) is 11.6. The largest absolute Gasteiger partial charge is 0.459 e. The molecule has 5 aliphatic rings. The van der Waals surface area contributed by atoms with E-state index < -0.39 is 0 Å². The normalized spacial score (nSPS) is 41.8. The summed E-state index contributed by atoms with van der Waals surface area (Å²) in [6.07, 6.45) is 19.9. The van der Waals surface area contributed by atoms with Crippen LogP contribution >= 0.6 is 0 Å². The van der Waals surface area contributed by atoms with E-state index in [2.05, 4.69) is 40.7 Å². The highest BCUT2D eigenvalue weighted by molar-refractivity contribution is 5.90. The van der Waals surface area contributed by atoms with Crippen LogP contribution in [0.4, 0.5) is 0 Å². The molecule has 0 heterocycles. The quantitative estimate of drug-likeness (QED) is 0.350. The fraction of sp³-hybridized carbons (Fsp3) is 0.806. The van der Waals surface area contributed by atoms with Gasteiger partial charge in [-0.2, -0.15) is 0 Å². The summed E-state index contributed by atoms with van der Waals surface area (Å²) >= 11 is 0. The molecule has 210 valence electrons. The Balaban J connectivity index is 1.10. The number of carbonyl (C=O) groups is 1. The van der Waals surface area contributed by atoms with Gasteiger partial charge in [0.05, 0.1) is 5.56 Å². The fourth-order valence-corrected chi connectivity index (χ4v) is 11.5. The minimum absolute atomic E-state index is 0.102. The Morgan fingerprint density at radius 1 is 0.895 bits per heavy atom. The monoisotopic (exact) mass is 518 g/mol. The molecule has 5 saturated carbocycles. The first-order chi connectivity index (χ1) is 18.2. The van der Waals surface area contributed by atoms with E-state index in [0.717, 1.165) is 71.0 Å². The van der Waals surface area contributed by atoms with Gasteiger partial charge >= 0.3 is 5.97 Å². The molecule has 5 fully saturated rings. The lowest BCUT2D eigenvalue weighted by Crippen LogP contribution is -2.54. The van der Waals surface area contributed by atoms with Gasteiger partial charge in [0, 0.05) is 0 Å². The van der Waals surface area contributed by atoms with Gasteiger partial charge in [-0.1, -0.05) is 57.2 Å².